The number of rotatable bonds is 5. The lowest BCUT2D eigenvalue weighted by atomic mass is 10.2. The van der Waals surface area contributed by atoms with Crippen molar-refractivity contribution in [2.45, 2.75) is 20.0 Å². The van der Waals surface area contributed by atoms with Crippen LogP contribution in [0.15, 0.2) is 47.3 Å². The van der Waals surface area contributed by atoms with Gasteiger partial charge in [-0.1, -0.05) is 23.7 Å². The molecule has 1 N–H and O–H groups in total. The number of hydrogen-bond donors (Lipinski definition) is 1. The van der Waals surface area contributed by atoms with Crippen LogP contribution in [0.3, 0.4) is 0 Å². The average Bonchev–Trinajstić information content (AvgIpc) is 2.67. The molecule has 134 valence electrons. The number of nitrogens with zero attached hydrogens (tertiary/aromatic N) is 2. The Labute approximate surface area is 155 Å². The number of aromatic nitrogens is 2. The Bertz CT molecular complexity index is 1010. The van der Waals surface area contributed by atoms with Crippen molar-refractivity contribution in [1.82, 2.24) is 15.1 Å². The largest absolute Gasteiger partial charge is 0.497 e. The average molecular weight is 372 g/mol. The van der Waals surface area contributed by atoms with Gasteiger partial charge in [-0.2, -0.15) is 5.10 Å². The smallest absolute Gasteiger partial charge is 0.276 e. The van der Waals surface area contributed by atoms with E-state index in [1.54, 1.807) is 30.0 Å². The maximum Gasteiger partial charge on any atom is 0.276 e. The van der Waals surface area contributed by atoms with Crippen molar-refractivity contribution in [3.8, 4) is 5.75 Å². The summed E-state index contributed by atoms with van der Waals surface area (Å²) in [5.74, 6) is 0.217. The summed E-state index contributed by atoms with van der Waals surface area (Å²) in [4.78, 5) is 25.2. The van der Waals surface area contributed by atoms with E-state index in [4.69, 9.17) is 16.3 Å². The molecule has 0 radical (unpaired) electrons. The minimum absolute atomic E-state index is 0.143. The van der Waals surface area contributed by atoms with Gasteiger partial charge in [-0.05, 0) is 42.8 Å². The first-order valence-corrected chi connectivity index (χ1v) is 8.52. The molecule has 2 aromatic carbocycles. The van der Waals surface area contributed by atoms with Gasteiger partial charge in [0.1, 0.15) is 5.75 Å². The molecule has 0 aliphatic carbocycles. The predicted octanol–water partition coefficient (Wildman–Crippen LogP) is 3.01. The van der Waals surface area contributed by atoms with E-state index in [0.717, 1.165) is 11.3 Å². The molecule has 7 heteroatoms. The molecule has 0 fully saturated rings. The summed E-state index contributed by atoms with van der Waals surface area (Å²) in [5, 5.41) is 7.77. The van der Waals surface area contributed by atoms with E-state index in [-0.39, 0.29) is 12.2 Å². The van der Waals surface area contributed by atoms with Gasteiger partial charge in [0.15, 0.2) is 5.69 Å². The zero-order valence-corrected chi connectivity index (χ0v) is 15.2. The molecule has 0 spiro atoms. The van der Waals surface area contributed by atoms with Crippen molar-refractivity contribution in [3.05, 3.63) is 69.0 Å². The van der Waals surface area contributed by atoms with Crippen LogP contribution in [0.1, 0.15) is 23.0 Å². The van der Waals surface area contributed by atoms with Crippen LogP contribution >= 0.6 is 11.6 Å². The highest BCUT2D eigenvalue weighted by Gasteiger charge is 2.17. The highest BCUT2D eigenvalue weighted by Crippen LogP contribution is 2.16. The molecular weight excluding hydrogens is 354 g/mol. The van der Waals surface area contributed by atoms with E-state index in [0.29, 0.717) is 22.5 Å². The molecule has 0 unspecified atom stereocenters. The first-order chi connectivity index (χ1) is 12.5. The fraction of sp³-hybridized carbons (Fsp3) is 0.211. The second-order valence-corrected chi connectivity index (χ2v) is 6.12. The van der Waals surface area contributed by atoms with Crippen LogP contribution < -0.4 is 15.5 Å². The van der Waals surface area contributed by atoms with Crippen LogP contribution in [0.2, 0.25) is 5.02 Å². The highest BCUT2D eigenvalue weighted by molar-refractivity contribution is 6.31. The Morgan fingerprint density at radius 3 is 2.62 bits per heavy atom. The Hall–Kier alpha value is -2.86. The Morgan fingerprint density at radius 2 is 1.96 bits per heavy atom. The lowest BCUT2D eigenvalue weighted by molar-refractivity contribution is 0.0943. The summed E-state index contributed by atoms with van der Waals surface area (Å²) < 4.78 is 6.72. The van der Waals surface area contributed by atoms with Gasteiger partial charge < -0.3 is 10.1 Å². The molecule has 0 aliphatic heterocycles. The van der Waals surface area contributed by atoms with E-state index in [2.05, 4.69) is 10.4 Å². The number of carbonyl (C=O) groups excluding carboxylic acids is 1. The van der Waals surface area contributed by atoms with Gasteiger partial charge in [0.05, 0.1) is 18.0 Å². The number of benzene rings is 2. The number of halogens is 1. The molecule has 0 saturated heterocycles. The summed E-state index contributed by atoms with van der Waals surface area (Å²) in [6, 6.07) is 12.3. The van der Waals surface area contributed by atoms with E-state index >= 15 is 0 Å². The Balaban J connectivity index is 1.89. The van der Waals surface area contributed by atoms with Gasteiger partial charge in [-0.25, -0.2) is 0 Å². The van der Waals surface area contributed by atoms with E-state index < -0.39 is 11.3 Å². The molecule has 0 atom stereocenters. The van der Waals surface area contributed by atoms with Gasteiger partial charge in [0.25, 0.3) is 5.91 Å². The number of aryl methyl sites for hydroxylation is 1. The molecular formula is C19H18ClN3O3. The van der Waals surface area contributed by atoms with Crippen molar-refractivity contribution in [3.63, 3.8) is 0 Å². The maximum atomic E-state index is 12.7. The fourth-order valence-corrected chi connectivity index (χ4v) is 2.83. The van der Waals surface area contributed by atoms with Crippen LogP contribution in [0.5, 0.6) is 5.75 Å². The van der Waals surface area contributed by atoms with E-state index in [1.807, 2.05) is 31.2 Å². The monoisotopic (exact) mass is 371 g/mol. The third-order valence-corrected chi connectivity index (χ3v) is 4.28. The van der Waals surface area contributed by atoms with Gasteiger partial charge in [-0.15, -0.1) is 0 Å². The van der Waals surface area contributed by atoms with Crippen LogP contribution in [-0.4, -0.2) is 22.8 Å². The summed E-state index contributed by atoms with van der Waals surface area (Å²) in [6.45, 7) is 2.70. The van der Waals surface area contributed by atoms with Gasteiger partial charge >= 0.3 is 0 Å². The number of nitrogens with one attached hydrogen (secondary N) is 1. The minimum Gasteiger partial charge on any atom is -0.497 e. The molecule has 3 aromatic rings. The number of amides is 1. The zero-order valence-electron chi connectivity index (χ0n) is 14.5. The molecule has 6 nitrogen and oxygen atoms in total. The lowest BCUT2D eigenvalue weighted by Crippen LogP contribution is -2.31. The summed E-state index contributed by atoms with van der Waals surface area (Å²) in [6.07, 6.45) is 0. The highest BCUT2D eigenvalue weighted by atomic mass is 35.5. The first kappa shape index (κ1) is 17.9. The van der Waals surface area contributed by atoms with Crippen molar-refractivity contribution >= 4 is 28.4 Å². The second-order valence-electron chi connectivity index (χ2n) is 5.69. The minimum atomic E-state index is -0.519. The SMILES string of the molecule is CCn1nc(C(=O)NCc2ccc(OC)cc2)c(=O)c2cc(Cl)ccc21. The van der Waals surface area contributed by atoms with Crippen molar-refractivity contribution < 1.29 is 9.53 Å². The van der Waals surface area contributed by atoms with Crippen molar-refractivity contribution in [2.75, 3.05) is 7.11 Å². The first-order valence-electron chi connectivity index (χ1n) is 8.15. The summed E-state index contributed by atoms with van der Waals surface area (Å²) in [5.41, 5.74) is 0.960. The van der Waals surface area contributed by atoms with Crippen LogP contribution in [0, 0.1) is 0 Å². The van der Waals surface area contributed by atoms with Gasteiger partial charge in [-0.3, -0.25) is 14.3 Å². The normalized spacial score (nSPS) is 10.7. The quantitative estimate of drug-likeness (QED) is 0.748. The number of fused-ring (bicyclic) bond motifs is 1. The van der Waals surface area contributed by atoms with Crippen LogP contribution in [-0.2, 0) is 13.1 Å². The number of carbonyl (C=O) groups is 1. The predicted molar refractivity (Wildman–Crippen MR) is 101 cm³/mol. The standard InChI is InChI=1S/C19H18ClN3O3/c1-3-23-16-9-6-13(20)10-15(16)18(24)17(22-23)19(25)21-11-12-4-7-14(26-2)8-5-12/h4-10H,3,11H2,1-2H3,(H,21,25). The third-order valence-electron chi connectivity index (χ3n) is 4.04. The van der Waals surface area contributed by atoms with Crippen molar-refractivity contribution in [2.24, 2.45) is 0 Å². The van der Waals surface area contributed by atoms with Crippen LogP contribution in [0.25, 0.3) is 10.9 Å². The summed E-state index contributed by atoms with van der Waals surface area (Å²) >= 11 is 6.00. The summed E-state index contributed by atoms with van der Waals surface area (Å²) in [7, 11) is 1.59. The molecule has 1 aromatic heterocycles. The number of hydrogen-bond acceptors (Lipinski definition) is 4. The van der Waals surface area contributed by atoms with Crippen LogP contribution in [0.4, 0.5) is 0 Å². The molecule has 1 amide bonds. The van der Waals surface area contributed by atoms with Crippen molar-refractivity contribution in [1.29, 1.82) is 0 Å². The molecule has 0 saturated carbocycles. The van der Waals surface area contributed by atoms with E-state index in [1.165, 1.54) is 0 Å². The third kappa shape index (κ3) is 3.55. The number of methoxy groups -OCH3 is 1. The Morgan fingerprint density at radius 1 is 1.23 bits per heavy atom. The zero-order chi connectivity index (χ0) is 18.7. The number of ether oxygens (including phenoxy) is 1. The Kier molecular flexibility index (Phi) is 5.23. The molecule has 26 heavy (non-hydrogen) atoms. The molecule has 3 rings (SSSR count). The lowest BCUT2D eigenvalue weighted by Gasteiger charge is -2.11. The fourth-order valence-electron chi connectivity index (χ4n) is 2.66. The van der Waals surface area contributed by atoms with E-state index in [9.17, 15) is 9.59 Å². The second kappa shape index (κ2) is 7.58. The van der Waals surface area contributed by atoms with Gasteiger partial charge in [0.2, 0.25) is 5.43 Å². The maximum absolute atomic E-state index is 12.7. The molecule has 0 bridgehead atoms. The molecule has 0 aliphatic rings. The molecule has 1 heterocycles. The van der Waals surface area contributed by atoms with Gasteiger partial charge in [0, 0.05) is 18.1 Å². The topological polar surface area (TPSA) is 73.2 Å².